The molecule has 0 fully saturated rings. The van der Waals surface area contributed by atoms with Crippen LogP contribution in [0.4, 0.5) is 0 Å². The summed E-state index contributed by atoms with van der Waals surface area (Å²) >= 11 is 0. The number of hydrogen-bond acceptors (Lipinski definition) is 4. The summed E-state index contributed by atoms with van der Waals surface area (Å²) < 4.78 is 10.3. The zero-order chi connectivity index (χ0) is 13.1. The molecule has 5 heteroatoms. The number of aldehydes is 1. The van der Waals surface area contributed by atoms with E-state index in [2.05, 4.69) is 0 Å². The summed E-state index contributed by atoms with van der Waals surface area (Å²) in [6.45, 7) is 0. The Morgan fingerprint density at radius 1 is 1.33 bits per heavy atom. The van der Waals surface area contributed by atoms with Crippen LogP contribution in [0, 0.1) is 0 Å². The predicted molar refractivity (Wildman–Crippen MR) is 63.0 cm³/mol. The summed E-state index contributed by atoms with van der Waals surface area (Å²) in [5, 5.41) is 8.95. The highest BCUT2D eigenvalue weighted by Gasteiger charge is 2.13. The summed E-state index contributed by atoms with van der Waals surface area (Å²) in [5.74, 6) is -0.130. The average Bonchev–Trinajstić information content (AvgIpc) is 2.86. The van der Waals surface area contributed by atoms with E-state index in [1.54, 1.807) is 24.3 Å². The molecule has 0 bridgehead atoms. The molecule has 18 heavy (non-hydrogen) atoms. The number of carbonyl (C=O) groups is 2. The van der Waals surface area contributed by atoms with Crippen LogP contribution in [0.1, 0.15) is 20.9 Å². The number of benzene rings is 1. The summed E-state index contributed by atoms with van der Waals surface area (Å²) in [4.78, 5) is 21.5. The second-order valence-corrected chi connectivity index (χ2v) is 3.54. The molecule has 0 saturated heterocycles. The molecule has 0 unspecified atom stereocenters. The fourth-order valence-electron chi connectivity index (χ4n) is 1.59. The molecule has 0 aliphatic rings. The largest absolute Gasteiger partial charge is 0.496 e. The lowest BCUT2D eigenvalue weighted by Gasteiger charge is -2.06. The van der Waals surface area contributed by atoms with Crippen molar-refractivity contribution in [1.82, 2.24) is 0 Å². The molecule has 1 N–H and O–H groups in total. The molecule has 1 aromatic carbocycles. The van der Waals surface area contributed by atoms with Crippen LogP contribution in [-0.2, 0) is 0 Å². The minimum Gasteiger partial charge on any atom is -0.496 e. The van der Waals surface area contributed by atoms with Crippen LogP contribution in [0.2, 0.25) is 0 Å². The molecular weight excluding hydrogens is 236 g/mol. The molecule has 0 spiro atoms. The SMILES string of the molecule is COc1cc(-c2ccc(C=O)o2)ccc1C(=O)O. The Morgan fingerprint density at radius 2 is 2.11 bits per heavy atom. The highest BCUT2D eigenvalue weighted by molar-refractivity contribution is 5.91. The molecule has 0 saturated carbocycles. The van der Waals surface area contributed by atoms with Crippen LogP contribution >= 0.6 is 0 Å². The van der Waals surface area contributed by atoms with Gasteiger partial charge in [0.1, 0.15) is 17.1 Å². The van der Waals surface area contributed by atoms with Gasteiger partial charge >= 0.3 is 5.97 Å². The summed E-state index contributed by atoms with van der Waals surface area (Å²) in [6, 6.07) is 7.76. The van der Waals surface area contributed by atoms with Gasteiger partial charge in [0.2, 0.25) is 0 Å². The fourth-order valence-corrected chi connectivity index (χ4v) is 1.59. The molecule has 1 aromatic heterocycles. The third-order valence-corrected chi connectivity index (χ3v) is 2.46. The third kappa shape index (κ3) is 2.10. The summed E-state index contributed by atoms with van der Waals surface area (Å²) in [6.07, 6.45) is 0.604. The monoisotopic (exact) mass is 246 g/mol. The first-order valence-corrected chi connectivity index (χ1v) is 5.12. The highest BCUT2D eigenvalue weighted by atomic mass is 16.5. The first kappa shape index (κ1) is 11.9. The van der Waals surface area contributed by atoms with Gasteiger partial charge in [-0.3, -0.25) is 4.79 Å². The van der Waals surface area contributed by atoms with E-state index in [-0.39, 0.29) is 17.1 Å². The number of rotatable bonds is 4. The van der Waals surface area contributed by atoms with Crippen LogP contribution in [0.25, 0.3) is 11.3 Å². The molecule has 2 aromatic rings. The van der Waals surface area contributed by atoms with Crippen molar-refractivity contribution in [3.05, 3.63) is 41.7 Å². The Hall–Kier alpha value is -2.56. The van der Waals surface area contributed by atoms with Crippen LogP contribution in [0.3, 0.4) is 0 Å². The Morgan fingerprint density at radius 3 is 2.67 bits per heavy atom. The predicted octanol–water partition coefficient (Wildman–Crippen LogP) is 2.47. The first-order valence-electron chi connectivity index (χ1n) is 5.12. The van der Waals surface area contributed by atoms with E-state index in [0.29, 0.717) is 17.6 Å². The van der Waals surface area contributed by atoms with Gasteiger partial charge in [-0.05, 0) is 24.3 Å². The Labute approximate surface area is 103 Å². The van der Waals surface area contributed by atoms with Crippen molar-refractivity contribution in [2.45, 2.75) is 0 Å². The van der Waals surface area contributed by atoms with E-state index >= 15 is 0 Å². The zero-order valence-electron chi connectivity index (χ0n) is 9.54. The molecule has 92 valence electrons. The van der Waals surface area contributed by atoms with E-state index in [4.69, 9.17) is 14.3 Å². The van der Waals surface area contributed by atoms with Crippen molar-refractivity contribution >= 4 is 12.3 Å². The lowest BCUT2D eigenvalue weighted by Crippen LogP contribution is -2.00. The fraction of sp³-hybridized carbons (Fsp3) is 0.0769. The van der Waals surface area contributed by atoms with Crippen molar-refractivity contribution in [2.24, 2.45) is 0 Å². The van der Waals surface area contributed by atoms with Gasteiger partial charge in [0.25, 0.3) is 0 Å². The number of carboxylic acid groups (broad SMARTS) is 1. The second-order valence-electron chi connectivity index (χ2n) is 3.54. The third-order valence-electron chi connectivity index (χ3n) is 2.46. The molecular formula is C13H10O5. The lowest BCUT2D eigenvalue weighted by molar-refractivity contribution is 0.0693. The number of aromatic carboxylic acids is 1. The summed E-state index contributed by atoms with van der Waals surface area (Å²) in [5.41, 5.74) is 0.716. The maximum atomic E-state index is 10.9. The van der Waals surface area contributed by atoms with Gasteiger partial charge in [0.05, 0.1) is 7.11 Å². The minimum atomic E-state index is -1.06. The maximum Gasteiger partial charge on any atom is 0.339 e. The molecule has 0 aliphatic carbocycles. The molecule has 1 heterocycles. The number of furan rings is 1. The van der Waals surface area contributed by atoms with E-state index < -0.39 is 5.97 Å². The average molecular weight is 246 g/mol. The van der Waals surface area contributed by atoms with Crippen LogP contribution in [0.5, 0.6) is 5.75 Å². The standard InChI is InChI=1S/C13H10O5/c1-17-12-6-8(2-4-10(12)13(15)16)11-5-3-9(7-14)18-11/h2-7H,1H3,(H,15,16). The number of hydrogen-bond donors (Lipinski definition) is 1. The number of methoxy groups -OCH3 is 1. The van der Waals surface area contributed by atoms with Crippen molar-refractivity contribution in [1.29, 1.82) is 0 Å². The van der Waals surface area contributed by atoms with E-state index in [0.717, 1.165) is 0 Å². The molecule has 5 nitrogen and oxygen atoms in total. The molecule has 0 aliphatic heterocycles. The number of carbonyl (C=O) groups excluding carboxylic acids is 1. The molecule has 0 radical (unpaired) electrons. The van der Waals surface area contributed by atoms with Gasteiger partial charge in [-0.15, -0.1) is 0 Å². The van der Waals surface area contributed by atoms with Crippen molar-refractivity contribution < 1.29 is 23.8 Å². The normalized spacial score (nSPS) is 10.1. The van der Waals surface area contributed by atoms with Crippen LogP contribution < -0.4 is 4.74 Å². The quantitative estimate of drug-likeness (QED) is 0.838. The van der Waals surface area contributed by atoms with Crippen LogP contribution in [-0.4, -0.2) is 24.5 Å². The molecule has 0 atom stereocenters. The van der Waals surface area contributed by atoms with Gasteiger partial charge in [-0.25, -0.2) is 4.79 Å². The second kappa shape index (κ2) is 4.75. The summed E-state index contributed by atoms with van der Waals surface area (Å²) in [7, 11) is 1.39. The molecule has 2 rings (SSSR count). The van der Waals surface area contributed by atoms with Crippen molar-refractivity contribution in [2.75, 3.05) is 7.11 Å². The lowest BCUT2D eigenvalue weighted by atomic mass is 10.1. The maximum absolute atomic E-state index is 10.9. The zero-order valence-corrected chi connectivity index (χ0v) is 9.54. The van der Waals surface area contributed by atoms with Gasteiger partial charge in [-0.1, -0.05) is 6.07 Å². The molecule has 0 amide bonds. The first-order chi connectivity index (χ1) is 8.65. The topological polar surface area (TPSA) is 76.7 Å². The van der Waals surface area contributed by atoms with Gasteiger partial charge in [0.15, 0.2) is 12.0 Å². The smallest absolute Gasteiger partial charge is 0.339 e. The van der Waals surface area contributed by atoms with E-state index in [9.17, 15) is 9.59 Å². The van der Waals surface area contributed by atoms with Gasteiger partial charge in [-0.2, -0.15) is 0 Å². The van der Waals surface area contributed by atoms with Crippen molar-refractivity contribution in [3.8, 4) is 17.1 Å². The van der Waals surface area contributed by atoms with Crippen LogP contribution in [0.15, 0.2) is 34.7 Å². The van der Waals surface area contributed by atoms with Crippen molar-refractivity contribution in [3.63, 3.8) is 0 Å². The Bertz CT molecular complexity index is 597. The van der Waals surface area contributed by atoms with Gasteiger partial charge in [0, 0.05) is 5.56 Å². The van der Waals surface area contributed by atoms with Gasteiger partial charge < -0.3 is 14.3 Å². The van der Waals surface area contributed by atoms with E-state index in [1.165, 1.54) is 13.2 Å². The van der Waals surface area contributed by atoms with E-state index in [1.807, 2.05) is 0 Å². The Kier molecular flexibility index (Phi) is 3.14. The highest BCUT2D eigenvalue weighted by Crippen LogP contribution is 2.28. The minimum absolute atomic E-state index is 0.0726. The number of carboxylic acids is 1. The number of ether oxygens (including phenoxy) is 1. The Balaban J connectivity index is 2.46.